The van der Waals surface area contributed by atoms with Crippen molar-refractivity contribution in [1.29, 1.82) is 0 Å². The van der Waals surface area contributed by atoms with E-state index >= 15 is 0 Å². The number of alkyl halides is 1. The predicted octanol–water partition coefficient (Wildman–Crippen LogP) is 2.79. The quantitative estimate of drug-likeness (QED) is 0.736. The first-order chi connectivity index (χ1) is 7.69. The van der Waals surface area contributed by atoms with Gasteiger partial charge in [-0.1, -0.05) is 15.9 Å². The number of amides is 1. The van der Waals surface area contributed by atoms with Gasteiger partial charge in [-0.05, 0) is 34.6 Å². The van der Waals surface area contributed by atoms with E-state index in [9.17, 15) is 4.79 Å². The number of hydrogen-bond donors (Lipinski definition) is 0. The monoisotopic (exact) mass is 307 g/mol. The number of nitrogens with zero attached hydrogens (tertiary/aromatic N) is 1. The second kappa shape index (κ2) is 5.57. The fourth-order valence-electron chi connectivity index (χ4n) is 1.69. The van der Waals surface area contributed by atoms with Gasteiger partial charge in [-0.25, -0.2) is 4.79 Å². The Labute approximate surface area is 112 Å². The van der Waals surface area contributed by atoms with Crippen molar-refractivity contribution in [3.05, 3.63) is 0 Å². The normalized spacial score (nSPS) is 25.5. The molecule has 0 aliphatic carbocycles. The maximum absolute atomic E-state index is 11.9. The molecule has 0 aromatic heterocycles. The summed E-state index contributed by atoms with van der Waals surface area (Å²) in [7, 11) is 0. The molecule has 100 valence electrons. The number of carbonyl (C=O) groups is 1. The SMILES string of the molecule is CC(C)OC1CN(C(=O)OC(C)(C)C)CC1Br. The lowest BCUT2D eigenvalue weighted by Crippen LogP contribution is -2.36. The van der Waals surface area contributed by atoms with Gasteiger partial charge in [0.05, 0.1) is 23.6 Å². The molecule has 5 heteroatoms. The topological polar surface area (TPSA) is 38.8 Å². The van der Waals surface area contributed by atoms with Crippen molar-refractivity contribution in [2.75, 3.05) is 13.1 Å². The second-order valence-corrected chi connectivity index (χ2v) is 6.80. The van der Waals surface area contributed by atoms with Crippen LogP contribution in [0.15, 0.2) is 0 Å². The van der Waals surface area contributed by atoms with Crippen molar-refractivity contribution in [3.8, 4) is 0 Å². The van der Waals surface area contributed by atoms with Crippen LogP contribution in [-0.2, 0) is 9.47 Å². The van der Waals surface area contributed by atoms with Crippen LogP contribution in [0.1, 0.15) is 34.6 Å². The van der Waals surface area contributed by atoms with Crippen LogP contribution in [0.2, 0.25) is 0 Å². The van der Waals surface area contributed by atoms with Crippen molar-refractivity contribution < 1.29 is 14.3 Å². The third-order valence-corrected chi connectivity index (χ3v) is 3.18. The molecular formula is C12H22BrNO3. The third-order valence-electron chi connectivity index (χ3n) is 2.30. The van der Waals surface area contributed by atoms with E-state index < -0.39 is 5.60 Å². The number of likely N-dealkylation sites (tertiary alicyclic amines) is 1. The third kappa shape index (κ3) is 4.84. The lowest BCUT2D eigenvalue weighted by molar-refractivity contribution is 0.00572. The average Bonchev–Trinajstić information content (AvgIpc) is 2.44. The zero-order valence-corrected chi connectivity index (χ0v) is 12.8. The number of carbonyl (C=O) groups excluding carboxylic acids is 1. The number of ether oxygens (including phenoxy) is 2. The Kier molecular flexibility index (Phi) is 4.84. The summed E-state index contributed by atoms with van der Waals surface area (Å²) in [6.45, 7) is 10.8. The van der Waals surface area contributed by atoms with E-state index in [0.29, 0.717) is 13.1 Å². The van der Waals surface area contributed by atoms with Crippen LogP contribution in [0.4, 0.5) is 4.79 Å². The first-order valence-corrected chi connectivity index (χ1v) is 6.88. The standard InChI is InChI=1S/C12H22BrNO3/c1-8(2)16-10-7-14(6-9(10)13)11(15)17-12(3,4)5/h8-10H,6-7H2,1-5H3. The largest absolute Gasteiger partial charge is 0.444 e. The molecule has 0 radical (unpaired) electrons. The molecule has 1 aliphatic heterocycles. The molecule has 1 aliphatic rings. The molecule has 0 N–H and O–H groups in total. The molecule has 1 heterocycles. The highest BCUT2D eigenvalue weighted by molar-refractivity contribution is 9.09. The molecule has 1 saturated heterocycles. The van der Waals surface area contributed by atoms with Crippen molar-refractivity contribution >= 4 is 22.0 Å². The zero-order chi connectivity index (χ0) is 13.2. The molecule has 0 aromatic carbocycles. The Morgan fingerprint density at radius 3 is 2.41 bits per heavy atom. The molecule has 2 unspecified atom stereocenters. The fraction of sp³-hybridized carbons (Fsp3) is 0.917. The molecular weight excluding hydrogens is 286 g/mol. The van der Waals surface area contributed by atoms with Gasteiger partial charge in [-0.2, -0.15) is 0 Å². The van der Waals surface area contributed by atoms with Gasteiger partial charge in [-0.15, -0.1) is 0 Å². The molecule has 1 amide bonds. The second-order valence-electron chi connectivity index (χ2n) is 5.62. The Morgan fingerprint density at radius 1 is 1.35 bits per heavy atom. The lowest BCUT2D eigenvalue weighted by Gasteiger charge is -2.24. The molecule has 17 heavy (non-hydrogen) atoms. The Bertz CT molecular complexity index is 275. The first-order valence-electron chi connectivity index (χ1n) is 5.96. The van der Waals surface area contributed by atoms with Crippen molar-refractivity contribution in [1.82, 2.24) is 4.90 Å². The first kappa shape index (κ1) is 14.8. The molecule has 1 fully saturated rings. The highest BCUT2D eigenvalue weighted by atomic mass is 79.9. The Balaban J connectivity index is 2.51. The van der Waals surface area contributed by atoms with E-state index in [1.807, 2.05) is 34.6 Å². The van der Waals surface area contributed by atoms with Gasteiger partial charge in [0.2, 0.25) is 0 Å². The minimum Gasteiger partial charge on any atom is -0.444 e. The van der Waals surface area contributed by atoms with E-state index in [1.165, 1.54) is 0 Å². The van der Waals surface area contributed by atoms with Crippen LogP contribution in [0, 0.1) is 0 Å². The van der Waals surface area contributed by atoms with Gasteiger partial charge in [0.25, 0.3) is 0 Å². The number of rotatable bonds is 2. The van der Waals surface area contributed by atoms with Crippen LogP contribution in [0.3, 0.4) is 0 Å². The summed E-state index contributed by atoms with van der Waals surface area (Å²) in [5.41, 5.74) is -0.449. The van der Waals surface area contributed by atoms with Gasteiger partial charge >= 0.3 is 6.09 Å². The molecule has 1 rings (SSSR count). The highest BCUT2D eigenvalue weighted by Crippen LogP contribution is 2.23. The van der Waals surface area contributed by atoms with E-state index in [-0.39, 0.29) is 23.1 Å². The zero-order valence-electron chi connectivity index (χ0n) is 11.2. The minimum absolute atomic E-state index is 0.0440. The molecule has 2 atom stereocenters. The smallest absolute Gasteiger partial charge is 0.410 e. The van der Waals surface area contributed by atoms with E-state index in [2.05, 4.69) is 15.9 Å². The van der Waals surface area contributed by atoms with Crippen LogP contribution in [0.5, 0.6) is 0 Å². The predicted molar refractivity (Wildman–Crippen MR) is 70.5 cm³/mol. The average molecular weight is 308 g/mol. The van der Waals surface area contributed by atoms with E-state index in [1.54, 1.807) is 4.90 Å². The van der Waals surface area contributed by atoms with Crippen LogP contribution < -0.4 is 0 Å². The van der Waals surface area contributed by atoms with Gasteiger partial charge < -0.3 is 14.4 Å². The van der Waals surface area contributed by atoms with Crippen LogP contribution in [0.25, 0.3) is 0 Å². The lowest BCUT2D eigenvalue weighted by atomic mass is 10.2. The van der Waals surface area contributed by atoms with Gasteiger partial charge in [0.15, 0.2) is 0 Å². The maximum Gasteiger partial charge on any atom is 0.410 e. The summed E-state index contributed by atoms with van der Waals surface area (Å²) < 4.78 is 11.1. The number of hydrogen-bond acceptors (Lipinski definition) is 3. The molecule has 0 aromatic rings. The summed E-state index contributed by atoms with van der Waals surface area (Å²) in [5, 5.41) is 0. The summed E-state index contributed by atoms with van der Waals surface area (Å²) in [5.74, 6) is 0. The van der Waals surface area contributed by atoms with E-state index in [4.69, 9.17) is 9.47 Å². The van der Waals surface area contributed by atoms with Gasteiger partial charge in [0, 0.05) is 6.54 Å². The van der Waals surface area contributed by atoms with Gasteiger partial charge in [-0.3, -0.25) is 0 Å². The summed E-state index contributed by atoms with van der Waals surface area (Å²) >= 11 is 3.55. The van der Waals surface area contributed by atoms with Gasteiger partial charge in [0.1, 0.15) is 5.60 Å². The number of halogens is 1. The fourth-order valence-corrected chi connectivity index (χ4v) is 2.33. The van der Waals surface area contributed by atoms with E-state index in [0.717, 1.165) is 0 Å². The van der Waals surface area contributed by atoms with Crippen LogP contribution in [-0.4, -0.2) is 46.7 Å². The van der Waals surface area contributed by atoms with Crippen molar-refractivity contribution in [2.45, 2.75) is 57.3 Å². The molecule has 4 nitrogen and oxygen atoms in total. The summed E-state index contributed by atoms with van der Waals surface area (Å²) in [4.78, 5) is 13.7. The highest BCUT2D eigenvalue weighted by Gasteiger charge is 2.36. The Hall–Kier alpha value is -0.290. The van der Waals surface area contributed by atoms with Crippen molar-refractivity contribution in [2.24, 2.45) is 0 Å². The summed E-state index contributed by atoms with van der Waals surface area (Å²) in [6.07, 6.45) is -0.0574. The maximum atomic E-state index is 11.9. The molecule has 0 saturated carbocycles. The molecule has 0 spiro atoms. The van der Waals surface area contributed by atoms with Crippen molar-refractivity contribution in [3.63, 3.8) is 0 Å². The van der Waals surface area contributed by atoms with Crippen LogP contribution >= 0.6 is 15.9 Å². The molecule has 0 bridgehead atoms. The Morgan fingerprint density at radius 2 is 1.94 bits per heavy atom. The minimum atomic E-state index is -0.449. The summed E-state index contributed by atoms with van der Waals surface area (Å²) in [6, 6.07) is 0.